The fourth-order valence-corrected chi connectivity index (χ4v) is 4.90. The van der Waals surface area contributed by atoms with Crippen LogP contribution in [0.1, 0.15) is 12.7 Å². The molecule has 0 spiro atoms. The van der Waals surface area contributed by atoms with Crippen molar-refractivity contribution in [2.24, 2.45) is 0 Å². The smallest absolute Gasteiger partial charge is 0.284 e. The van der Waals surface area contributed by atoms with Gasteiger partial charge in [-0.3, -0.25) is 15.2 Å². The molecule has 1 saturated heterocycles. The van der Waals surface area contributed by atoms with Crippen molar-refractivity contribution < 1.29 is 13.3 Å². The van der Waals surface area contributed by atoms with Crippen molar-refractivity contribution in [3.63, 3.8) is 0 Å². The zero-order valence-electron chi connectivity index (χ0n) is 15.0. The molecule has 1 fully saturated rings. The average Bonchev–Trinajstić information content (AvgIpc) is 3.09. The zero-order chi connectivity index (χ0) is 19.6. The van der Waals surface area contributed by atoms with Gasteiger partial charge in [0, 0.05) is 38.7 Å². The van der Waals surface area contributed by atoms with E-state index >= 15 is 0 Å². The second-order valence-corrected chi connectivity index (χ2v) is 9.06. The highest BCUT2D eigenvalue weighted by Crippen LogP contribution is 2.35. The zero-order valence-corrected chi connectivity index (χ0v) is 16.6. The second kappa shape index (κ2) is 7.92. The molecular formula is C15H20N6O4S2. The van der Waals surface area contributed by atoms with Crippen LogP contribution in [0.25, 0.3) is 0 Å². The van der Waals surface area contributed by atoms with Gasteiger partial charge in [0.2, 0.25) is 15.2 Å². The van der Waals surface area contributed by atoms with Crippen LogP contribution < -0.4 is 0 Å². The lowest BCUT2D eigenvalue weighted by molar-refractivity contribution is -0.388. The van der Waals surface area contributed by atoms with Crippen molar-refractivity contribution in [2.75, 3.05) is 33.2 Å². The number of nitro groups is 1. The number of H-pyrrole nitrogens is 1. The summed E-state index contributed by atoms with van der Waals surface area (Å²) in [5, 5.41) is 18.6. The minimum Gasteiger partial charge on any atom is -0.304 e. The Morgan fingerprint density at radius 2 is 2.00 bits per heavy atom. The summed E-state index contributed by atoms with van der Waals surface area (Å²) >= 11 is 1.02. The maximum atomic E-state index is 12.8. The number of nitrogens with one attached hydrogen (secondary N) is 1. The van der Waals surface area contributed by atoms with Gasteiger partial charge in [-0.15, -0.1) is 5.10 Å². The molecule has 1 aromatic heterocycles. The van der Waals surface area contributed by atoms with Crippen LogP contribution in [0.4, 0.5) is 5.69 Å². The predicted molar refractivity (Wildman–Crippen MR) is 99.2 cm³/mol. The van der Waals surface area contributed by atoms with E-state index in [-0.39, 0.29) is 10.6 Å². The monoisotopic (exact) mass is 412 g/mol. The molecule has 0 radical (unpaired) electrons. The molecule has 0 atom stereocenters. The van der Waals surface area contributed by atoms with Crippen molar-refractivity contribution in [3.05, 3.63) is 34.1 Å². The third-order valence-corrected chi connectivity index (χ3v) is 7.10. The van der Waals surface area contributed by atoms with Crippen LogP contribution >= 0.6 is 11.8 Å². The first-order chi connectivity index (χ1) is 12.8. The minimum absolute atomic E-state index is 0.0765. The molecular weight excluding hydrogens is 392 g/mol. The lowest BCUT2D eigenvalue weighted by atomic mass is 10.3. The summed E-state index contributed by atoms with van der Waals surface area (Å²) in [5.41, 5.74) is -0.280. The van der Waals surface area contributed by atoms with Crippen LogP contribution in [-0.2, 0) is 16.4 Å². The number of likely N-dealkylation sites (N-methyl/N-ethyl adjacent to an activating group) is 1. The van der Waals surface area contributed by atoms with E-state index in [2.05, 4.69) is 15.2 Å². The Morgan fingerprint density at radius 1 is 1.30 bits per heavy atom. The number of sulfonamides is 1. The highest BCUT2D eigenvalue weighted by molar-refractivity contribution is 7.99. The molecule has 10 nitrogen and oxygen atoms in total. The Balaban J connectivity index is 1.90. The summed E-state index contributed by atoms with van der Waals surface area (Å²) in [7, 11) is -1.85. The first-order valence-electron chi connectivity index (χ1n) is 8.37. The quantitative estimate of drug-likeness (QED) is 0.557. The standard InChI is InChI=1S/C15H20N6O4S2/c1-3-14-16-15(18-17-14)26-13-5-4-11(10-12(13)21(22)23)27(24,25)20-8-6-19(2)7-9-20/h4-5,10H,3,6-9H2,1-2H3,(H,16,17,18). The Morgan fingerprint density at radius 3 is 2.59 bits per heavy atom. The summed E-state index contributed by atoms with van der Waals surface area (Å²) in [6.07, 6.45) is 0.665. The normalized spacial score (nSPS) is 16.5. The van der Waals surface area contributed by atoms with Crippen molar-refractivity contribution in [1.82, 2.24) is 24.4 Å². The number of aromatic amines is 1. The van der Waals surface area contributed by atoms with E-state index < -0.39 is 14.9 Å². The number of rotatable bonds is 6. The minimum atomic E-state index is -3.78. The number of benzene rings is 1. The van der Waals surface area contributed by atoms with Crippen LogP contribution in [0.3, 0.4) is 0 Å². The van der Waals surface area contributed by atoms with Crippen LogP contribution in [0.2, 0.25) is 0 Å². The summed E-state index contributed by atoms with van der Waals surface area (Å²) in [5.74, 6) is 0.675. The molecule has 1 aromatic carbocycles. The number of aryl methyl sites for hydroxylation is 1. The molecule has 1 aliphatic rings. The Kier molecular flexibility index (Phi) is 5.79. The van der Waals surface area contributed by atoms with Gasteiger partial charge in [-0.25, -0.2) is 13.4 Å². The van der Waals surface area contributed by atoms with E-state index in [4.69, 9.17) is 0 Å². The van der Waals surface area contributed by atoms with Gasteiger partial charge in [0.25, 0.3) is 5.69 Å². The SMILES string of the molecule is CCc1nc(Sc2ccc(S(=O)(=O)N3CCN(C)CC3)cc2[N+](=O)[O-])n[nH]1. The molecule has 0 saturated carbocycles. The lowest BCUT2D eigenvalue weighted by Crippen LogP contribution is -2.47. The molecule has 0 unspecified atom stereocenters. The van der Waals surface area contributed by atoms with Crippen molar-refractivity contribution in [3.8, 4) is 0 Å². The van der Waals surface area contributed by atoms with Crippen molar-refractivity contribution in [2.45, 2.75) is 28.3 Å². The van der Waals surface area contributed by atoms with Gasteiger partial charge in [0.15, 0.2) is 0 Å². The highest BCUT2D eigenvalue weighted by Gasteiger charge is 2.30. The molecule has 146 valence electrons. The number of nitro benzene ring substituents is 1. The summed E-state index contributed by atoms with van der Waals surface area (Å²) in [6, 6.07) is 3.95. The summed E-state index contributed by atoms with van der Waals surface area (Å²) < 4.78 is 27.0. The van der Waals surface area contributed by atoms with Gasteiger partial charge in [-0.2, -0.15) is 4.31 Å². The number of hydrogen-bond donors (Lipinski definition) is 1. The lowest BCUT2D eigenvalue weighted by Gasteiger charge is -2.31. The summed E-state index contributed by atoms with van der Waals surface area (Å²) in [4.78, 5) is 17.4. The van der Waals surface area contributed by atoms with Gasteiger partial charge in [-0.05, 0) is 30.9 Å². The van der Waals surface area contributed by atoms with Crippen LogP contribution in [-0.4, -0.2) is 71.0 Å². The highest BCUT2D eigenvalue weighted by atomic mass is 32.2. The van der Waals surface area contributed by atoms with E-state index in [1.807, 2.05) is 18.9 Å². The average molecular weight is 412 g/mol. The Bertz CT molecular complexity index is 938. The first-order valence-corrected chi connectivity index (χ1v) is 10.6. The third-order valence-electron chi connectivity index (χ3n) is 4.27. The van der Waals surface area contributed by atoms with Crippen LogP contribution in [0.15, 0.2) is 33.1 Å². The Hall–Kier alpha value is -2.02. The molecule has 0 bridgehead atoms. The molecule has 2 heterocycles. The van der Waals surface area contributed by atoms with E-state index in [1.165, 1.54) is 16.4 Å². The van der Waals surface area contributed by atoms with Gasteiger partial charge in [-0.1, -0.05) is 6.92 Å². The molecule has 0 amide bonds. The van der Waals surface area contributed by atoms with Gasteiger partial charge >= 0.3 is 0 Å². The van der Waals surface area contributed by atoms with Crippen molar-refractivity contribution in [1.29, 1.82) is 0 Å². The number of nitrogens with zero attached hydrogens (tertiary/aromatic N) is 5. The fourth-order valence-electron chi connectivity index (χ4n) is 2.64. The van der Waals surface area contributed by atoms with Gasteiger partial charge in [0.05, 0.1) is 14.7 Å². The van der Waals surface area contributed by atoms with E-state index in [1.54, 1.807) is 0 Å². The van der Waals surface area contributed by atoms with E-state index in [9.17, 15) is 18.5 Å². The van der Waals surface area contributed by atoms with Crippen LogP contribution in [0, 0.1) is 10.1 Å². The van der Waals surface area contributed by atoms with Gasteiger partial charge < -0.3 is 4.90 Å². The molecule has 2 aromatic rings. The Labute approximate surface area is 161 Å². The van der Waals surface area contributed by atoms with Crippen LogP contribution in [0.5, 0.6) is 0 Å². The molecule has 1 N–H and O–H groups in total. The molecule has 27 heavy (non-hydrogen) atoms. The van der Waals surface area contributed by atoms with E-state index in [0.717, 1.165) is 17.8 Å². The number of hydrogen-bond acceptors (Lipinski definition) is 8. The maximum absolute atomic E-state index is 12.8. The molecule has 0 aliphatic carbocycles. The van der Waals surface area contributed by atoms with Crippen molar-refractivity contribution >= 4 is 27.5 Å². The van der Waals surface area contributed by atoms with Gasteiger partial charge in [0.1, 0.15) is 5.82 Å². The second-order valence-electron chi connectivity index (χ2n) is 6.11. The topological polar surface area (TPSA) is 125 Å². The molecule has 3 rings (SSSR count). The third kappa shape index (κ3) is 4.29. The number of aromatic nitrogens is 3. The fraction of sp³-hybridized carbons (Fsp3) is 0.467. The predicted octanol–water partition coefficient (Wildman–Crippen LogP) is 1.36. The molecule has 1 aliphatic heterocycles. The largest absolute Gasteiger partial charge is 0.304 e. The maximum Gasteiger partial charge on any atom is 0.284 e. The molecule has 12 heteroatoms. The summed E-state index contributed by atoms with van der Waals surface area (Å²) in [6.45, 7) is 3.88. The van der Waals surface area contributed by atoms with E-state index in [0.29, 0.717) is 48.5 Å². The first kappa shape index (κ1) is 19.7. The number of piperazine rings is 1.